The zero-order chi connectivity index (χ0) is 14.3. The Labute approximate surface area is 113 Å². The Morgan fingerprint density at radius 2 is 2.05 bits per heavy atom. The molecule has 0 aromatic carbocycles. The van der Waals surface area contributed by atoms with Crippen molar-refractivity contribution in [2.75, 3.05) is 33.4 Å². The summed E-state index contributed by atoms with van der Waals surface area (Å²) in [4.78, 5) is 25.6. The number of methoxy groups -OCH3 is 1. The van der Waals surface area contributed by atoms with Gasteiger partial charge in [-0.25, -0.2) is 4.79 Å². The summed E-state index contributed by atoms with van der Waals surface area (Å²) < 4.78 is 15.6. The van der Waals surface area contributed by atoms with Crippen LogP contribution >= 0.6 is 0 Å². The monoisotopic (exact) mass is 271 g/mol. The van der Waals surface area contributed by atoms with Gasteiger partial charge in [-0.2, -0.15) is 0 Å². The molecule has 0 aromatic rings. The van der Waals surface area contributed by atoms with Gasteiger partial charge in [0.05, 0.1) is 20.3 Å². The van der Waals surface area contributed by atoms with Gasteiger partial charge in [-0.05, 0) is 20.8 Å². The molecule has 2 aliphatic heterocycles. The first kappa shape index (κ1) is 14.1. The maximum Gasteiger partial charge on any atom is 0.410 e. The third kappa shape index (κ3) is 2.54. The number of ether oxygens (including phenoxy) is 3. The van der Waals surface area contributed by atoms with E-state index in [2.05, 4.69) is 0 Å². The van der Waals surface area contributed by atoms with Crippen LogP contribution in [-0.4, -0.2) is 56.0 Å². The lowest BCUT2D eigenvalue weighted by molar-refractivity contribution is -0.153. The molecule has 19 heavy (non-hydrogen) atoms. The third-order valence-corrected chi connectivity index (χ3v) is 3.62. The van der Waals surface area contributed by atoms with E-state index in [1.165, 1.54) is 7.11 Å². The molecule has 0 saturated carbocycles. The second-order valence-electron chi connectivity index (χ2n) is 6.22. The van der Waals surface area contributed by atoms with E-state index in [0.717, 1.165) is 0 Å². The largest absolute Gasteiger partial charge is 0.468 e. The van der Waals surface area contributed by atoms with E-state index in [1.807, 2.05) is 20.8 Å². The first-order valence-corrected chi connectivity index (χ1v) is 6.42. The quantitative estimate of drug-likeness (QED) is 0.667. The van der Waals surface area contributed by atoms with Crippen LogP contribution in [0.25, 0.3) is 0 Å². The van der Waals surface area contributed by atoms with Crippen LogP contribution in [-0.2, 0) is 19.0 Å². The summed E-state index contributed by atoms with van der Waals surface area (Å²) in [5.41, 5.74) is -1.25. The molecule has 0 spiro atoms. The second kappa shape index (κ2) is 4.67. The number of carbonyl (C=O) groups excluding carboxylic acids is 2. The first-order valence-electron chi connectivity index (χ1n) is 6.42. The normalized spacial score (nSPS) is 30.1. The second-order valence-corrected chi connectivity index (χ2v) is 6.22. The topological polar surface area (TPSA) is 65.1 Å². The van der Waals surface area contributed by atoms with Gasteiger partial charge in [0.1, 0.15) is 11.0 Å². The standard InChI is InChI=1S/C13H21NO5/c1-12(2,3)19-11(16)14-5-9-6-18-8-13(9,7-14)10(15)17-4/h9H,5-8H2,1-4H3/t9-,13-/m0/s1. The van der Waals surface area contributed by atoms with Gasteiger partial charge >= 0.3 is 12.1 Å². The van der Waals surface area contributed by atoms with Crippen molar-refractivity contribution in [3.8, 4) is 0 Å². The van der Waals surface area contributed by atoms with Gasteiger partial charge in [0.25, 0.3) is 0 Å². The molecule has 0 radical (unpaired) electrons. The third-order valence-electron chi connectivity index (χ3n) is 3.62. The summed E-state index contributed by atoms with van der Waals surface area (Å²) in [6.07, 6.45) is -0.384. The minimum Gasteiger partial charge on any atom is -0.468 e. The van der Waals surface area contributed by atoms with Gasteiger partial charge < -0.3 is 19.1 Å². The Kier molecular flexibility index (Phi) is 3.47. The van der Waals surface area contributed by atoms with Gasteiger partial charge in [-0.1, -0.05) is 0 Å². The van der Waals surface area contributed by atoms with Gasteiger partial charge in [-0.3, -0.25) is 4.79 Å². The van der Waals surface area contributed by atoms with Crippen molar-refractivity contribution in [3.05, 3.63) is 0 Å². The van der Waals surface area contributed by atoms with Crippen LogP contribution in [0.15, 0.2) is 0 Å². The molecule has 2 aliphatic rings. The minimum atomic E-state index is -0.717. The fraction of sp³-hybridized carbons (Fsp3) is 0.846. The first-order chi connectivity index (χ1) is 8.78. The van der Waals surface area contributed by atoms with Crippen molar-refractivity contribution in [3.63, 3.8) is 0 Å². The number of esters is 1. The fourth-order valence-electron chi connectivity index (χ4n) is 2.69. The van der Waals surface area contributed by atoms with Gasteiger partial charge in [0.2, 0.25) is 0 Å². The molecular formula is C13H21NO5. The highest BCUT2D eigenvalue weighted by molar-refractivity contribution is 5.80. The molecule has 0 aliphatic carbocycles. The number of fused-ring (bicyclic) bond motifs is 1. The molecule has 108 valence electrons. The summed E-state index contributed by atoms with van der Waals surface area (Å²) in [7, 11) is 1.36. The molecule has 2 heterocycles. The van der Waals surface area contributed by atoms with Gasteiger partial charge in [0, 0.05) is 19.0 Å². The van der Waals surface area contributed by atoms with E-state index in [9.17, 15) is 9.59 Å². The number of carbonyl (C=O) groups is 2. The maximum absolute atomic E-state index is 12.1. The van der Waals surface area contributed by atoms with Gasteiger partial charge in [-0.15, -0.1) is 0 Å². The lowest BCUT2D eigenvalue weighted by Gasteiger charge is -2.26. The summed E-state index contributed by atoms with van der Waals surface area (Å²) in [6, 6.07) is 0. The van der Waals surface area contributed by atoms with Crippen LogP contribution in [0.3, 0.4) is 0 Å². The Morgan fingerprint density at radius 1 is 1.37 bits per heavy atom. The van der Waals surface area contributed by atoms with Crippen LogP contribution in [0.5, 0.6) is 0 Å². The molecule has 0 bridgehead atoms. The highest BCUT2D eigenvalue weighted by Crippen LogP contribution is 2.42. The van der Waals surface area contributed by atoms with E-state index < -0.39 is 11.0 Å². The lowest BCUT2D eigenvalue weighted by atomic mass is 9.81. The minimum absolute atomic E-state index is 0.00697. The van der Waals surface area contributed by atoms with Crippen molar-refractivity contribution >= 4 is 12.1 Å². The summed E-state index contributed by atoms with van der Waals surface area (Å²) >= 11 is 0. The van der Waals surface area contributed by atoms with Crippen LogP contribution in [0.2, 0.25) is 0 Å². The zero-order valence-corrected chi connectivity index (χ0v) is 11.9. The predicted octanol–water partition coefficient (Wildman–Crippen LogP) is 1.04. The molecular weight excluding hydrogens is 250 g/mol. The number of nitrogens with zero attached hydrogens (tertiary/aromatic N) is 1. The molecule has 2 atom stereocenters. The van der Waals surface area contributed by atoms with E-state index in [1.54, 1.807) is 4.90 Å². The molecule has 1 amide bonds. The molecule has 0 N–H and O–H groups in total. The lowest BCUT2D eigenvalue weighted by Crippen LogP contribution is -2.42. The molecule has 2 rings (SSSR count). The molecule has 6 nitrogen and oxygen atoms in total. The van der Waals surface area contributed by atoms with Crippen molar-refractivity contribution in [2.45, 2.75) is 26.4 Å². The van der Waals surface area contributed by atoms with E-state index in [-0.39, 0.29) is 18.0 Å². The molecule has 0 unspecified atom stereocenters. The Morgan fingerprint density at radius 3 is 2.63 bits per heavy atom. The maximum atomic E-state index is 12.1. The SMILES string of the molecule is COC(=O)[C@@]12COC[C@@H]1CN(C(=O)OC(C)(C)C)C2. The summed E-state index contributed by atoms with van der Waals surface area (Å²) in [6.45, 7) is 7.03. The zero-order valence-electron chi connectivity index (χ0n) is 11.9. The predicted molar refractivity (Wildman–Crippen MR) is 66.6 cm³/mol. The van der Waals surface area contributed by atoms with Crippen molar-refractivity contribution < 1.29 is 23.8 Å². The van der Waals surface area contributed by atoms with Crippen molar-refractivity contribution in [1.82, 2.24) is 4.90 Å². The summed E-state index contributed by atoms with van der Waals surface area (Å²) in [5, 5.41) is 0. The van der Waals surface area contributed by atoms with E-state index in [0.29, 0.717) is 26.3 Å². The Balaban J connectivity index is 2.09. The Hall–Kier alpha value is -1.30. The van der Waals surface area contributed by atoms with E-state index in [4.69, 9.17) is 14.2 Å². The van der Waals surface area contributed by atoms with Crippen LogP contribution in [0.1, 0.15) is 20.8 Å². The average Bonchev–Trinajstić information content (AvgIpc) is 2.82. The highest BCUT2D eigenvalue weighted by Gasteiger charge is 2.58. The van der Waals surface area contributed by atoms with Gasteiger partial charge in [0.15, 0.2) is 0 Å². The van der Waals surface area contributed by atoms with Crippen LogP contribution in [0.4, 0.5) is 4.79 Å². The average molecular weight is 271 g/mol. The molecule has 0 aromatic heterocycles. The number of likely N-dealkylation sites (tertiary alicyclic amines) is 1. The van der Waals surface area contributed by atoms with E-state index >= 15 is 0 Å². The fourth-order valence-corrected chi connectivity index (χ4v) is 2.69. The summed E-state index contributed by atoms with van der Waals surface area (Å²) in [5.74, 6) is -0.312. The molecule has 2 fully saturated rings. The van der Waals surface area contributed by atoms with Crippen LogP contribution < -0.4 is 0 Å². The molecule has 6 heteroatoms. The molecule has 2 saturated heterocycles. The highest BCUT2D eigenvalue weighted by atomic mass is 16.6. The van der Waals surface area contributed by atoms with Crippen LogP contribution in [0, 0.1) is 11.3 Å². The van der Waals surface area contributed by atoms with Crippen molar-refractivity contribution in [2.24, 2.45) is 11.3 Å². The smallest absolute Gasteiger partial charge is 0.410 e. The number of rotatable bonds is 1. The Bertz CT molecular complexity index is 389. The number of hydrogen-bond donors (Lipinski definition) is 0. The van der Waals surface area contributed by atoms with Crippen molar-refractivity contribution in [1.29, 1.82) is 0 Å². The number of amides is 1. The number of hydrogen-bond acceptors (Lipinski definition) is 5.